The zero-order valence-corrected chi connectivity index (χ0v) is 5.94. The van der Waals surface area contributed by atoms with E-state index < -0.39 is 0 Å². The summed E-state index contributed by atoms with van der Waals surface area (Å²) in [7, 11) is 1.51. The molecular weight excluding hydrogens is 140 g/mol. The van der Waals surface area contributed by atoms with Gasteiger partial charge < -0.3 is 4.74 Å². The van der Waals surface area contributed by atoms with E-state index in [0.717, 1.165) is 0 Å². The van der Waals surface area contributed by atoms with Crippen LogP contribution in [-0.2, 0) is 4.74 Å². The Balaban J connectivity index is 2.79. The Morgan fingerprint density at radius 3 is 2.44 bits per heavy atom. The maximum Gasteiger partial charge on any atom is 0.254 e. The molecule has 0 aromatic heterocycles. The van der Waals surface area contributed by atoms with Gasteiger partial charge in [-0.1, -0.05) is 11.6 Å². The minimum Gasteiger partial charge on any atom is -0.479 e. The fourth-order valence-electron chi connectivity index (χ4n) is 0.493. The van der Waals surface area contributed by atoms with E-state index in [2.05, 4.69) is 10.5 Å². The molecule has 3 nitrogen and oxygen atoms in total. The molecule has 49 valence electrons. The highest BCUT2D eigenvalue weighted by molar-refractivity contribution is 6.42. The van der Waals surface area contributed by atoms with Crippen molar-refractivity contribution in [3.63, 3.8) is 0 Å². The number of hydrogen-bond donors (Lipinski definition) is 0. The van der Waals surface area contributed by atoms with Gasteiger partial charge in [0.25, 0.3) is 5.90 Å². The van der Waals surface area contributed by atoms with E-state index in [0.29, 0.717) is 16.6 Å². The van der Waals surface area contributed by atoms with Gasteiger partial charge in [0.15, 0.2) is 0 Å². The van der Waals surface area contributed by atoms with Crippen LogP contribution < -0.4 is 5.43 Å². The van der Waals surface area contributed by atoms with Crippen molar-refractivity contribution >= 4 is 17.5 Å². The SMILES string of the molecule is COC1=N[N]C(C)=C1Cl. The zero-order chi connectivity index (χ0) is 6.85. The molecule has 0 aromatic rings. The highest BCUT2D eigenvalue weighted by atomic mass is 35.5. The van der Waals surface area contributed by atoms with Gasteiger partial charge in [0.2, 0.25) is 0 Å². The van der Waals surface area contributed by atoms with Crippen molar-refractivity contribution in [3.05, 3.63) is 10.7 Å². The first-order valence-corrected chi connectivity index (χ1v) is 2.83. The quantitative estimate of drug-likeness (QED) is 0.502. The number of hydrogen-bond acceptors (Lipinski definition) is 2. The van der Waals surface area contributed by atoms with Gasteiger partial charge >= 0.3 is 0 Å². The topological polar surface area (TPSA) is 35.7 Å². The molecule has 0 aliphatic carbocycles. The monoisotopic (exact) mass is 145 g/mol. The third-order valence-electron chi connectivity index (χ3n) is 0.990. The lowest BCUT2D eigenvalue weighted by molar-refractivity contribution is 0.404. The lowest BCUT2D eigenvalue weighted by Crippen LogP contribution is -1.96. The van der Waals surface area contributed by atoms with Crippen LogP contribution in [0.3, 0.4) is 0 Å². The fourth-order valence-corrected chi connectivity index (χ4v) is 0.646. The molecular formula is C5H6ClN2O. The molecule has 4 heteroatoms. The van der Waals surface area contributed by atoms with Gasteiger partial charge in [0.05, 0.1) is 12.8 Å². The first kappa shape index (κ1) is 6.42. The Morgan fingerprint density at radius 1 is 1.56 bits per heavy atom. The van der Waals surface area contributed by atoms with E-state index in [1.807, 2.05) is 0 Å². The van der Waals surface area contributed by atoms with Crippen molar-refractivity contribution in [3.8, 4) is 0 Å². The van der Waals surface area contributed by atoms with E-state index in [9.17, 15) is 0 Å². The molecule has 1 radical (unpaired) electrons. The van der Waals surface area contributed by atoms with Crippen molar-refractivity contribution in [2.75, 3.05) is 7.11 Å². The Bertz CT molecular complexity index is 185. The van der Waals surface area contributed by atoms with Gasteiger partial charge in [-0.3, -0.25) is 0 Å². The van der Waals surface area contributed by atoms with Gasteiger partial charge in [-0.25, -0.2) is 0 Å². The maximum atomic E-state index is 5.66. The van der Waals surface area contributed by atoms with Crippen LogP contribution in [0.25, 0.3) is 0 Å². The third kappa shape index (κ3) is 1.00. The highest BCUT2D eigenvalue weighted by Gasteiger charge is 2.15. The second-order valence-corrected chi connectivity index (χ2v) is 1.99. The summed E-state index contributed by atoms with van der Waals surface area (Å²) in [4.78, 5) is 0. The summed E-state index contributed by atoms with van der Waals surface area (Å²) in [6, 6.07) is 0. The Labute approximate surface area is 58.3 Å². The van der Waals surface area contributed by atoms with Gasteiger partial charge in [0.1, 0.15) is 5.03 Å². The molecule has 0 atom stereocenters. The van der Waals surface area contributed by atoms with Crippen LogP contribution in [0.5, 0.6) is 0 Å². The van der Waals surface area contributed by atoms with Gasteiger partial charge in [0, 0.05) is 0 Å². The van der Waals surface area contributed by atoms with Crippen LogP contribution in [0, 0.1) is 0 Å². The molecule has 0 amide bonds. The molecule has 0 N–H and O–H groups in total. The molecule has 1 heterocycles. The maximum absolute atomic E-state index is 5.66. The van der Waals surface area contributed by atoms with Crippen LogP contribution in [0.2, 0.25) is 0 Å². The van der Waals surface area contributed by atoms with E-state index >= 15 is 0 Å². The van der Waals surface area contributed by atoms with Crippen molar-refractivity contribution < 1.29 is 4.74 Å². The molecule has 0 aromatic carbocycles. The molecule has 0 unspecified atom stereocenters. The molecule has 0 bridgehead atoms. The Kier molecular flexibility index (Phi) is 1.62. The number of halogens is 1. The first-order valence-electron chi connectivity index (χ1n) is 2.45. The standard InChI is InChI=1S/C5H6ClN2O/c1-3-4(6)5(9-2)8-7-3/h1-2H3. The third-order valence-corrected chi connectivity index (χ3v) is 1.42. The van der Waals surface area contributed by atoms with Crippen LogP contribution in [0.15, 0.2) is 15.8 Å². The van der Waals surface area contributed by atoms with Crippen molar-refractivity contribution in [1.29, 1.82) is 0 Å². The average Bonchev–Trinajstić information content (AvgIpc) is 2.15. The lowest BCUT2D eigenvalue weighted by atomic mass is 10.4. The number of ether oxygens (including phenoxy) is 1. The van der Waals surface area contributed by atoms with Crippen LogP contribution in [0.1, 0.15) is 6.92 Å². The fraction of sp³-hybridized carbons (Fsp3) is 0.400. The largest absolute Gasteiger partial charge is 0.479 e. The second-order valence-electron chi connectivity index (χ2n) is 1.61. The van der Waals surface area contributed by atoms with Crippen LogP contribution in [0.4, 0.5) is 0 Å². The zero-order valence-electron chi connectivity index (χ0n) is 5.18. The normalized spacial score (nSPS) is 17.4. The van der Waals surface area contributed by atoms with Crippen LogP contribution >= 0.6 is 11.6 Å². The molecule has 0 fully saturated rings. The van der Waals surface area contributed by atoms with Crippen LogP contribution in [-0.4, -0.2) is 13.0 Å². The van der Waals surface area contributed by atoms with Gasteiger partial charge in [-0.05, 0) is 6.92 Å². The molecule has 9 heavy (non-hydrogen) atoms. The minimum atomic E-state index is 0.397. The van der Waals surface area contributed by atoms with E-state index in [1.165, 1.54) is 7.11 Å². The number of rotatable bonds is 0. The summed E-state index contributed by atoms with van der Waals surface area (Å²) in [6.07, 6.45) is 0. The molecule has 1 aliphatic rings. The Morgan fingerprint density at radius 2 is 2.22 bits per heavy atom. The van der Waals surface area contributed by atoms with Gasteiger partial charge in [-0.2, -0.15) is 5.43 Å². The summed E-state index contributed by atoms with van der Waals surface area (Å²) in [6.45, 7) is 1.78. The summed E-state index contributed by atoms with van der Waals surface area (Å²) < 4.78 is 4.76. The summed E-state index contributed by atoms with van der Waals surface area (Å²) in [5.41, 5.74) is 4.38. The molecule has 0 saturated heterocycles. The van der Waals surface area contributed by atoms with Crippen molar-refractivity contribution in [1.82, 2.24) is 5.43 Å². The van der Waals surface area contributed by atoms with Crippen molar-refractivity contribution in [2.45, 2.75) is 6.92 Å². The van der Waals surface area contributed by atoms with E-state index in [4.69, 9.17) is 16.3 Å². The average molecular weight is 146 g/mol. The first-order chi connectivity index (χ1) is 4.25. The van der Waals surface area contributed by atoms with E-state index in [1.54, 1.807) is 6.92 Å². The van der Waals surface area contributed by atoms with Gasteiger partial charge in [-0.15, -0.1) is 5.10 Å². The molecule has 0 saturated carbocycles. The molecule has 1 rings (SSSR count). The minimum absolute atomic E-state index is 0.397. The van der Waals surface area contributed by atoms with E-state index in [-0.39, 0.29) is 0 Å². The summed E-state index contributed by atoms with van der Waals surface area (Å²) >= 11 is 5.66. The van der Waals surface area contributed by atoms with Crippen molar-refractivity contribution in [2.24, 2.45) is 5.10 Å². The molecule has 0 spiro atoms. The predicted molar refractivity (Wildman–Crippen MR) is 35.1 cm³/mol. The summed E-state index contributed by atoms with van der Waals surface area (Å²) in [5.74, 6) is 0.397. The smallest absolute Gasteiger partial charge is 0.254 e. The Hall–Kier alpha value is -0.700. The predicted octanol–water partition coefficient (Wildman–Crippen LogP) is 1.03. The number of methoxy groups -OCH3 is 1. The lowest BCUT2D eigenvalue weighted by Gasteiger charge is -1.93. The number of allylic oxidation sites excluding steroid dienone is 1. The summed E-state index contributed by atoms with van der Waals surface area (Å²) in [5, 5.41) is 4.13. The number of nitrogens with zero attached hydrogens (tertiary/aromatic N) is 2. The molecule has 1 aliphatic heterocycles. The highest BCUT2D eigenvalue weighted by Crippen LogP contribution is 2.15. The second kappa shape index (κ2) is 2.27.